The molecule has 0 bridgehead atoms. The molecular weight excluding hydrogens is 254 g/mol. The van der Waals surface area contributed by atoms with Gasteiger partial charge in [-0.3, -0.25) is 0 Å². The van der Waals surface area contributed by atoms with E-state index in [1.165, 1.54) is 0 Å². The third-order valence-corrected chi connectivity index (χ3v) is 3.02. The Hall–Kier alpha value is -2.18. The lowest BCUT2D eigenvalue weighted by Crippen LogP contribution is -2.24. The Morgan fingerprint density at radius 1 is 1.15 bits per heavy atom. The summed E-state index contributed by atoms with van der Waals surface area (Å²) >= 11 is 0. The third-order valence-electron chi connectivity index (χ3n) is 3.02. The van der Waals surface area contributed by atoms with E-state index in [0.29, 0.717) is 23.8 Å². The lowest BCUT2D eigenvalue weighted by atomic mass is 10.1. The zero-order chi connectivity index (χ0) is 14.5. The van der Waals surface area contributed by atoms with Crippen LogP contribution in [0.1, 0.15) is 27.7 Å². The van der Waals surface area contributed by atoms with E-state index in [-0.39, 0.29) is 6.04 Å². The topological polar surface area (TPSA) is 80.5 Å². The van der Waals surface area contributed by atoms with Gasteiger partial charge in [0.05, 0.1) is 0 Å². The van der Waals surface area contributed by atoms with Crippen molar-refractivity contribution in [2.24, 2.45) is 5.92 Å². The van der Waals surface area contributed by atoms with Crippen molar-refractivity contribution < 1.29 is 0 Å². The van der Waals surface area contributed by atoms with Crippen LogP contribution in [-0.4, -0.2) is 37.3 Å². The number of aromatic nitrogens is 5. The van der Waals surface area contributed by atoms with Gasteiger partial charge in [-0.05, 0) is 25.8 Å². The lowest BCUT2D eigenvalue weighted by molar-refractivity contribution is 0.555. The second-order valence-corrected chi connectivity index (χ2v) is 4.94. The predicted octanol–water partition coefficient (Wildman–Crippen LogP) is 1.95. The first-order valence-corrected chi connectivity index (χ1v) is 6.86. The summed E-state index contributed by atoms with van der Waals surface area (Å²) in [4.78, 5) is 13.1. The zero-order valence-corrected chi connectivity index (χ0v) is 12.3. The molecule has 0 saturated heterocycles. The van der Waals surface area contributed by atoms with Crippen molar-refractivity contribution >= 4 is 11.9 Å². The quantitative estimate of drug-likeness (QED) is 0.838. The van der Waals surface area contributed by atoms with Gasteiger partial charge in [0.1, 0.15) is 0 Å². The van der Waals surface area contributed by atoms with Crippen LogP contribution in [0.2, 0.25) is 0 Å². The van der Waals surface area contributed by atoms with Crippen molar-refractivity contribution in [3.63, 3.8) is 0 Å². The summed E-state index contributed by atoms with van der Waals surface area (Å²) in [5.41, 5.74) is 0. The van der Waals surface area contributed by atoms with Gasteiger partial charge in [-0.2, -0.15) is 20.1 Å². The molecule has 2 rings (SSSR count). The number of rotatable bonds is 6. The molecule has 0 radical (unpaired) electrons. The minimum atomic E-state index is 0.275. The summed E-state index contributed by atoms with van der Waals surface area (Å²) in [5.74, 6) is 2.09. The van der Waals surface area contributed by atoms with Crippen molar-refractivity contribution in [2.75, 3.05) is 17.2 Å². The molecule has 1 unspecified atom stereocenters. The minimum Gasteiger partial charge on any atom is -0.354 e. The van der Waals surface area contributed by atoms with Gasteiger partial charge < -0.3 is 10.6 Å². The predicted molar refractivity (Wildman–Crippen MR) is 79.0 cm³/mol. The number of nitrogens with one attached hydrogen (secondary N) is 2. The van der Waals surface area contributed by atoms with Gasteiger partial charge in [-0.15, -0.1) is 0 Å². The molecule has 0 saturated carbocycles. The molecule has 2 N–H and O–H groups in total. The van der Waals surface area contributed by atoms with Crippen molar-refractivity contribution in [1.82, 2.24) is 24.7 Å². The molecule has 1 atom stereocenters. The van der Waals surface area contributed by atoms with Crippen LogP contribution >= 0.6 is 0 Å². The molecular formula is C13H21N7. The van der Waals surface area contributed by atoms with E-state index in [0.717, 1.165) is 6.54 Å². The first kappa shape index (κ1) is 14.2. The normalized spacial score (nSPS) is 12.4. The zero-order valence-electron chi connectivity index (χ0n) is 12.3. The lowest BCUT2D eigenvalue weighted by Gasteiger charge is -2.18. The van der Waals surface area contributed by atoms with E-state index in [4.69, 9.17) is 0 Å². The smallest absolute Gasteiger partial charge is 0.257 e. The Kier molecular flexibility index (Phi) is 4.49. The average Bonchev–Trinajstić information content (AvgIpc) is 2.92. The Morgan fingerprint density at radius 3 is 2.50 bits per heavy atom. The molecule has 20 heavy (non-hydrogen) atoms. The molecule has 108 valence electrons. The summed E-state index contributed by atoms with van der Waals surface area (Å²) in [6.07, 6.45) is 3.50. The largest absolute Gasteiger partial charge is 0.354 e. The first-order valence-electron chi connectivity index (χ1n) is 6.86. The highest BCUT2D eigenvalue weighted by atomic mass is 15.4. The van der Waals surface area contributed by atoms with Gasteiger partial charge in [0, 0.05) is 25.0 Å². The van der Waals surface area contributed by atoms with Crippen LogP contribution in [0.25, 0.3) is 5.95 Å². The van der Waals surface area contributed by atoms with Crippen LogP contribution in [0.5, 0.6) is 0 Å². The van der Waals surface area contributed by atoms with Crippen LogP contribution < -0.4 is 10.6 Å². The Labute approximate surface area is 118 Å². The number of nitrogens with zero attached hydrogens (tertiary/aromatic N) is 5. The van der Waals surface area contributed by atoms with Crippen LogP contribution in [0.4, 0.5) is 11.9 Å². The Bertz CT molecular complexity index is 536. The fourth-order valence-corrected chi connectivity index (χ4v) is 1.53. The van der Waals surface area contributed by atoms with Crippen LogP contribution in [0.3, 0.4) is 0 Å². The van der Waals surface area contributed by atoms with Crippen LogP contribution in [-0.2, 0) is 0 Å². The molecule has 2 aromatic rings. The van der Waals surface area contributed by atoms with E-state index >= 15 is 0 Å². The monoisotopic (exact) mass is 275 g/mol. The molecule has 2 heterocycles. The number of hydrogen-bond acceptors (Lipinski definition) is 6. The molecule has 0 amide bonds. The standard InChI is InChI=1S/C13H21N7/c1-5-14-11-17-12(16-10(4)9(2)3)19-13(18-11)20-8-6-7-15-20/h6-10H,5H2,1-4H3,(H2,14,16,17,18,19). The van der Waals surface area contributed by atoms with Crippen molar-refractivity contribution in [1.29, 1.82) is 0 Å². The summed E-state index contributed by atoms with van der Waals surface area (Å²) < 4.78 is 1.62. The molecule has 0 aliphatic rings. The van der Waals surface area contributed by atoms with E-state index in [1.807, 2.05) is 13.0 Å². The summed E-state index contributed by atoms with van der Waals surface area (Å²) in [6, 6.07) is 2.11. The summed E-state index contributed by atoms with van der Waals surface area (Å²) in [5, 5.41) is 10.6. The fraction of sp³-hybridized carbons (Fsp3) is 0.538. The van der Waals surface area contributed by atoms with Gasteiger partial charge in [-0.25, -0.2) is 4.68 Å². The van der Waals surface area contributed by atoms with Gasteiger partial charge in [0.25, 0.3) is 5.95 Å². The van der Waals surface area contributed by atoms with Crippen LogP contribution in [0.15, 0.2) is 18.5 Å². The van der Waals surface area contributed by atoms with E-state index in [1.54, 1.807) is 17.1 Å². The molecule has 0 aromatic carbocycles. The Balaban J connectivity index is 2.31. The molecule has 0 fully saturated rings. The van der Waals surface area contributed by atoms with Crippen molar-refractivity contribution in [2.45, 2.75) is 33.7 Å². The molecule has 2 aromatic heterocycles. The SMILES string of the molecule is CCNc1nc(NC(C)C(C)C)nc(-n2cccn2)n1. The molecule has 0 aliphatic carbocycles. The summed E-state index contributed by atoms with van der Waals surface area (Å²) in [6.45, 7) is 9.16. The maximum atomic E-state index is 4.41. The van der Waals surface area contributed by atoms with Gasteiger partial charge >= 0.3 is 0 Å². The van der Waals surface area contributed by atoms with Crippen molar-refractivity contribution in [3.05, 3.63) is 18.5 Å². The third kappa shape index (κ3) is 3.43. The maximum absolute atomic E-state index is 4.41. The fourth-order valence-electron chi connectivity index (χ4n) is 1.53. The van der Waals surface area contributed by atoms with E-state index in [9.17, 15) is 0 Å². The summed E-state index contributed by atoms with van der Waals surface area (Å²) in [7, 11) is 0. The maximum Gasteiger partial charge on any atom is 0.257 e. The molecule has 0 aliphatic heterocycles. The van der Waals surface area contributed by atoms with Crippen LogP contribution in [0, 0.1) is 5.92 Å². The number of anilines is 2. The average molecular weight is 275 g/mol. The molecule has 7 nitrogen and oxygen atoms in total. The van der Waals surface area contributed by atoms with E-state index in [2.05, 4.69) is 51.5 Å². The second-order valence-electron chi connectivity index (χ2n) is 4.94. The highest BCUT2D eigenvalue weighted by Gasteiger charge is 2.12. The van der Waals surface area contributed by atoms with E-state index < -0.39 is 0 Å². The molecule has 7 heteroatoms. The highest BCUT2D eigenvalue weighted by Crippen LogP contribution is 2.12. The first-order chi connectivity index (χ1) is 9.60. The number of hydrogen-bond donors (Lipinski definition) is 2. The Morgan fingerprint density at radius 2 is 1.90 bits per heavy atom. The van der Waals surface area contributed by atoms with Gasteiger partial charge in [0.15, 0.2) is 0 Å². The minimum absolute atomic E-state index is 0.275. The van der Waals surface area contributed by atoms with Gasteiger partial charge in [0.2, 0.25) is 11.9 Å². The van der Waals surface area contributed by atoms with Gasteiger partial charge in [-0.1, -0.05) is 13.8 Å². The highest BCUT2D eigenvalue weighted by molar-refractivity contribution is 5.38. The molecule has 0 spiro atoms. The second kappa shape index (κ2) is 6.31. The van der Waals surface area contributed by atoms with Crippen molar-refractivity contribution in [3.8, 4) is 5.95 Å².